The molecule has 0 unspecified atom stereocenters. The van der Waals surface area contributed by atoms with Gasteiger partial charge in [-0.15, -0.1) is 0 Å². The molecule has 0 aliphatic carbocycles. The van der Waals surface area contributed by atoms with Gasteiger partial charge >= 0.3 is 11.0 Å². The van der Waals surface area contributed by atoms with E-state index in [1.165, 1.54) is 12.5 Å². The molecule has 0 aliphatic rings. The van der Waals surface area contributed by atoms with Crippen LogP contribution < -0.4 is 0 Å². The van der Waals surface area contributed by atoms with Gasteiger partial charge in [-0.25, -0.2) is 4.79 Å². The van der Waals surface area contributed by atoms with Crippen molar-refractivity contribution in [2.75, 3.05) is 7.11 Å². The van der Waals surface area contributed by atoms with E-state index in [0.29, 0.717) is 0 Å². The molecule has 0 spiro atoms. The first kappa shape index (κ1) is 10.1. The lowest BCUT2D eigenvalue weighted by Crippen LogP contribution is -2.00. The molecule has 0 radical (unpaired) electrons. The number of ether oxygens (including phenoxy) is 1. The Morgan fingerprint density at radius 1 is 1.77 bits per heavy atom. The molecule has 7 heteroatoms. The van der Waals surface area contributed by atoms with E-state index >= 15 is 0 Å². The van der Waals surface area contributed by atoms with E-state index in [1.807, 2.05) is 0 Å². The Morgan fingerprint density at radius 3 is 2.77 bits per heavy atom. The predicted molar refractivity (Wildman–Crippen MR) is 50.0 cm³/mol. The van der Waals surface area contributed by atoms with Crippen LogP contribution in [0.15, 0.2) is 9.85 Å². The normalized spacial score (nSPS) is 9.69. The number of carbonyl (C=O) groups is 1. The van der Waals surface area contributed by atoms with Crippen LogP contribution in [0.1, 0.15) is 10.4 Å². The molecule has 1 rings (SSSR count). The minimum atomic E-state index is -0.587. The number of hydrogen-bond acceptors (Lipinski definition) is 5. The van der Waals surface area contributed by atoms with E-state index in [0.717, 1.165) is 11.3 Å². The van der Waals surface area contributed by atoms with Crippen LogP contribution in [0.25, 0.3) is 0 Å². The Morgan fingerprint density at radius 2 is 2.38 bits per heavy atom. The van der Waals surface area contributed by atoms with Crippen LogP contribution in [-0.4, -0.2) is 18.0 Å². The number of esters is 1. The minimum absolute atomic E-state index is 0.0969. The third-order valence-electron chi connectivity index (χ3n) is 1.28. The van der Waals surface area contributed by atoms with Crippen LogP contribution in [0.4, 0.5) is 5.00 Å². The number of carbonyl (C=O) groups excluding carboxylic acids is 1. The van der Waals surface area contributed by atoms with Crippen LogP contribution in [0.5, 0.6) is 0 Å². The van der Waals surface area contributed by atoms with E-state index in [2.05, 4.69) is 20.7 Å². The summed E-state index contributed by atoms with van der Waals surface area (Å²) in [6.45, 7) is 0. The Bertz CT molecular complexity index is 362. The maximum absolute atomic E-state index is 11.0. The molecule has 70 valence electrons. The first-order chi connectivity index (χ1) is 6.07. The zero-order chi connectivity index (χ0) is 10.0. The van der Waals surface area contributed by atoms with Gasteiger partial charge in [-0.1, -0.05) is 11.3 Å². The van der Waals surface area contributed by atoms with Gasteiger partial charge in [0.1, 0.15) is 4.47 Å². The van der Waals surface area contributed by atoms with Gasteiger partial charge in [-0.2, -0.15) is 0 Å². The van der Waals surface area contributed by atoms with Crippen molar-refractivity contribution in [1.29, 1.82) is 0 Å². The summed E-state index contributed by atoms with van der Waals surface area (Å²) in [6, 6.07) is 0. The van der Waals surface area contributed by atoms with Crippen LogP contribution >= 0.6 is 27.3 Å². The number of halogens is 1. The molecule has 0 saturated carbocycles. The van der Waals surface area contributed by atoms with Crippen molar-refractivity contribution in [3.8, 4) is 0 Å². The number of nitro groups is 1. The number of hydrogen-bond donors (Lipinski definition) is 0. The molecule has 0 saturated heterocycles. The first-order valence-electron chi connectivity index (χ1n) is 3.07. The van der Waals surface area contributed by atoms with Crippen molar-refractivity contribution in [2.45, 2.75) is 0 Å². The molecule has 0 amide bonds. The number of thiophene rings is 1. The molecule has 0 atom stereocenters. The lowest BCUT2D eigenvalue weighted by Gasteiger charge is -1.93. The van der Waals surface area contributed by atoms with Gasteiger partial charge in [0.15, 0.2) is 0 Å². The molecular formula is C6H4BrNO4S. The van der Waals surface area contributed by atoms with Crippen molar-refractivity contribution >= 4 is 38.2 Å². The Balaban J connectivity index is 3.13. The Labute approximate surface area is 85.6 Å². The van der Waals surface area contributed by atoms with Gasteiger partial charge in [0.05, 0.1) is 17.6 Å². The monoisotopic (exact) mass is 265 g/mol. The molecule has 0 aromatic carbocycles. The summed E-state index contributed by atoms with van der Waals surface area (Å²) in [5.74, 6) is -0.587. The van der Waals surface area contributed by atoms with Gasteiger partial charge in [0.25, 0.3) is 0 Å². The van der Waals surface area contributed by atoms with E-state index in [-0.39, 0.29) is 15.0 Å². The lowest BCUT2D eigenvalue weighted by molar-refractivity contribution is -0.381. The van der Waals surface area contributed by atoms with E-state index in [4.69, 9.17) is 0 Å². The summed E-state index contributed by atoms with van der Waals surface area (Å²) in [4.78, 5) is 20.8. The second-order valence-corrected chi connectivity index (χ2v) is 3.67. The van der Waals surface area contributed by atoms with Gasteiger partial charge < -0.3 is 4.74 Å². The lowest BCUT2D eigenvalue weighted by atomic mass is 10.3. The fourth-order valence-electron chi connectivity index (χ4n) is 0.704. The maximum Gasteiger partial charge on any atom is 0.340 e. The zero-order valence-electron chi connectivity index (χ0n) is 6.44. The van der Waals surface area contributed by atoms with Crippen LogP contribution in [0.3, 0.4) is 0 Å². The molecule has 0 N–H and O–H groups in total. The fraction of sp³-hybridized carbons (Fsp3) is 0.167. The summed E-state index contributed by atoms with van der Waals surface area (Å²) in [5.41, 5.74) is 0.180. The topological polar surface area (TPSA) is 69.4 Å². The SMILES string of the molecule is COC(=O)c1csc([N+](=O)[O-])c1Br. The Kier molecular flexibility index (Phi) is 2.99. The highest BCUT2D eigenvalue weighted by Gasteiger charge is 2.23. The Hall–Kier alpha value is -0.950. The number of nitrogens with zero attached hydrogens (tertiary/aromatic N) is 1. The van der Waals surface area contributed by atoms with Gasteiger partial charge in [0, 0.05) is 5.38 Å². The molecule has 1 heterocycles. The molecule has 13 heavy (non-hydrogen) atoms. The summed E-state index contributed by atoms with van der Waals surface area (Å²) < 4.78 is 4.60. The summed E-state index contributed by atoms with van der Waals surface area (Å²) in [7, 11) is 1.22. The predicted octanol–water partition coefficient (Wildman–Crippen LogP) is 2.21. The standard InChI is InChI=1S/C6H4BrNO4S/c1-12-6(9)3-2-13-5(4(3)7)8(10)11/h2H,1H3. The van der Waals surface area contributed by atoms with E-state index < -0.39 is 10.9 Å². The summed E-state index contributed by atoms with van der Waals surface area (Å²) in [6.07, 6.45) is 0. The third-order valence-corrected chi connectivity index (χ3v) is 3.28. The number of rotatable bonds is 2. The van der Waals surface area contributed by atoms with Crippen molar-refractivity contribution in [3.05, 3.63) is 25.5 Å². The summed E-state index contributed by atoms with van der Waals surface area (Å²) in [5, 5.41) is 11.7. The second kappa shape index (κ2) is 3.84. The largest absolute Gasteiger partial charge is 0.465 e. The van der Waals surface area contributed by atoms with Crippen molar-refractivity contribution in [1.82, 2.24) is 0 Å². The highest BCUT2D eigenvalue weighted by atomic mass is 79.9. The van der Waals surface area contributed by atoms with Crippen LogP contribution in [-0.2, 0) is 4.74 Å². The number of methoxy groups -OCH3 is 1. The van der Waals surface area contributed by atoms with Gasteiger partial charge in [-0.05, 0) is 15.9 Å². The molecular weight excluding hydrogens is 262 g/mol. The van der Waals surface area contributed by atoms with Crippen molar-refractivity contribution in [2.24, 2.45) is 0 Å². The second-order valence-electron chi connectivity index (χ2n) is 2.02. The van der Waals surface area contributed by atoms with Crippen molar-refractivity contribution in [3.63, 3.8) is 0 Å². The minimum Gasteiger partial charge on any atom is -0.465 e. The molecule has 5 nitrogen and oxygen atoms in total. The fourth-order valence-corrected chi connectivity index (χ4v) is 2.30. The first-order valence-corrected chi connectivity index (χ1v) is 4.75. The van der Waals surface area contributed by atoms with E-state index in [1.54, 1.807) is 0 Å². The zero-order valence-corrected chi connectivity index (χ0v) is 8.85. The molecule has 0 aliphatic heterocycles. The maximum atomic E-state index is 11.0. The van der Waals surface area contributed by atoms with Crippen molar-refractivity contribution < 1.29 is 14.5 Å². The van der Waals surface area contributed by atoms with Gasteiger partial charge in [-0.3, -0.25) is 10.1 Å². The molecule has 0 bridgehead atoms. The average molecular weight is 266 g/mol. The van der Waals surface area contributed by atoms with Crippen LogP contribution in [0, 0.1) is 10.1 Å². The van der Waals surface area contributed by atoms with Gasteiger partial charge in [0.2, 0.25) is 0 Å². The van der Waals surface area contributed by atoms with E-state index in [9.17, 15) is 14.9 Å². The highest BCUT2D eigenvalue weighted by Crippen LogP contribution is 2.35. The third kappa shape index (κ3) is 1.86. The average Bonchev–Trinajstić information content (AvgIpc) is 2.46. The molecule has 0 fully saturated rings. The van der Waals surface area contributed by atoms with Crippen LogP contribution in [0.2, 0.25) is 0 Å². The molecule has 1 aromatic rings. The molecule has 1 aromatic heterocycles. The summed E-state index contributed by atoms with van der Waals surface area (Å²) >= 11 is 3.84. The smallest absolute Gasteiger partial charge is 0.340 e. The highest BCUT2D eigenvalue weighted by molar-refractivity contribution is 9.10. The quantitative estimate of drug-likeness (QED) is 0.467.